The summed E-state index contributed by atoms with van der Waals surface area (Å²) in [6.07, 6.45) is 3.22. The predicted molar refractivity (Wildman–Crippen MR) is 107 cm³/mol. The minimum absolute atomic E-state index is 0.0737. The maximum Gasteiger partial charge on any atom is 0.322 e. The average molecular weight is 397 g/mol. The Labute approximate surface area is 169 Å². The maximum atomic E-state index is 13.8. The van der Waals surface area contributed by atoms with E-state index in [0.29, 0.717) is 38.6 Å². The molecule has 0 unspecified atom stereocenters. The van der Waals surface area contributed by atoms with Crippen molar-refractivity contribution >= 4 is 17.6 Å². The van der Waals surface area contributed by atoms with Crippen LogP contribution in [0.15, 0.2) is 42.5 Å². The van der Waals surface area contributed by atoms with Gasteiger partial charge in [-0.05, 0) is 43.0 Å². The van der Waals surface area contributed by atoms with Crippen molar-refractivity contribution in [3.63, 3.8) is 0 Å². The number of nitrogens with one attached hydrogen (secondary N) is 2. The number of aryl methyl sites for hydroxylation is 1. The number of urea groups is 1. The van der Waals surface area contributed by atoms with Gasteiger partial charge in [-0.25, -0.2) is 9.18 Å². The Morgan fingerprint density at radius 1 is 1.17 bits per heavy atom. The molecule has 29 heavy (non-hydrogen) atoms. The van der Waals surface area contributed by atoms with Crippen LogP contribution in [0.5, 0.6) is 5.75 Å². The van der Waals surface area contributed by atoms with E-state index in [1.807, 2.05) is 18.2 Å². The minimum atomic E-state index is -0.473. The number of rotatable bonds is 5. The highest BCUT2D eigenvalue weighted by Gasteiger charge is 2.23. The zero-order chi connectivity index (χ0) is 20.2. The molecule has 152 valence electrons. The van der Waals surface area contributed by atoms with Crippen molar-refractivity contribution in [2.24, 2.45) is 0 Å². The second kappa shape index (κ2) is 8.51. The second-order valence-corrected chi connectivity index (χ2v) is 7.46. The molecular weight excluding hydrogens is 373 g/mol. The zero-order valence-electron chi connectivity index (χ0n) is 16.1. The van der Waals surface area contributed by atoms with Crippen LogP contribution in [-0.2, 0) is 17.8 Å². The quantitative estimate of drug-likeness (QED) is 0.812. The number of para-hydroxylation sites is 1. The van der Waals surface area contributed by atoms with Crippen molar-refractivity contribution in [1.29, 1.82) is 0 Å². The molecule has 1 fully saturated rings. The highest BCUT2D eigenvalue weighted by molar-refractivity contribution is 5.89. The van der Waals surface area contributed by atoms with Crippen molar-refractivity contribution in [2.75, 3.05) is 18.5 Å². The van der Waals surface area contributed by atoms with Gasteiger partial charge in [0.2, 0.25) is 5.91 Å². The first-order valence-electron chi connectivity index (χ1n) is 9.93. The maximum absolute atomic E-state index is 13.8. The molecule has 0 radical (unpaired) electrons. The van der Waals surface area contributed by atoms with Gasteiger partial charge in [0, 0.05) is 18.0 Å². The number of carbonyl (C=O) groups excluding carboxylic acids is 2. The van der Waals surface area contributed by atoms with Crippen molar-refractivity contribution < 1.29 is 18.7 Å². The number of nitrogens with zero attached hydrogens (tertiary/aromatic N) is 1. The van der Waals surface area contributed by atoms with E-state index in [0.717, 1.165) is 29.7 Å². The summed E-state index contributed by atoms with van der Waals surface area (Å²) in [7, 11) is 0. The summed E-state index contributed by atoms with van der Waals surface area (Å²) in [6.45, 7) is 1.12. The van der Waals surface area contributed by atoms with Gasteiger partial charge in [-0.3, -0.25) is 4.79 Å². The normalized spacial score (nSPS) is 15.7. The first kappa shape index (κ1) is 19.2. The molecule has 2 aliphatic rings. The topological polar surface area (TPSA) is 70.7 Å². The molecular formula is C22H24FN3O3. The number of fused-ring (bicyclic) bond motifs is 1. The Morgan fingerprint density at radius 2 is 2.00 bits per heavy atom. The van der Waals surface area contributed by atoms with Crippen LogP contribution < -0.4 is 15.4 Å². The highest BCUT2D eigenvalue weighted by Crippen LogP contribution is 2.26. The molecule has 0 spiro atoms. The van der Waals surface area contributed by atoms with Gasteiger partial charge in [0.15, 0.2) is 0 Å². The highest BCUT2D eigenvalue weighted by atomic mass is 19.1. The summed E-state index contributed by atoms with van der Waals surface area (Å²) >= 11 is 0. The molecule has 2 N–H and O–H groups in total. The summed E-state index contributed by atoms with van der Waals surface area (Å²) in [4.78, 5) is 26.2. The van der Waals surface area contributed by atoms with Crippen molar-refractivity contribution in [1.82, 2.24) is 10.2 Å². The van der Waals surface area contributed by atoms with Gasteiger partial charge in [0.05, 0.1) is 18.8 Å². The third-order valence-corrected chi connectivity index (χ3v) is 5.09. The molecule has 1 heterocycles. The van der Waals surface area contributed by atoms with E-state index in [-0.39, 0.29) is 17.6 Å². The molecule has 0 bridgehead atoms. The number of amides is 3. The van der Waals surface area contributed by atoms with E-state index in [1.165, 1.54) is 12.1 Å². The fourth-order valence-corrected chi connectivity index (χ4v) is 3.32. The fourth-order valence-electron chi connectivity index (χ4n) is 3.32. The largest absolute Gasteiger partial charge is 0.491 e. The van der Waals surface area contributed by atoms with E-state index in [1.54, 1.807) is 17.0 Å². The number of ether oxygens (including phenoxy) is 1. The summed E-state index contributed by atoms with van der Waals surface area (Å²) in [6, 6.07) is 11.9. The molecule has 7 heteroatoms. The second-order valence-electron chi connectivity index (χ2n) is 7.46. The standard InChI is InChI=1S/C22H24FN3O3/c23-18-3-1-2-4-19(18)25-22(28)26-11-12-29-20-9-5-15(13-16(20)14-26)6-10-21(27)24-17-7-8-17/h1-5,9,13,17H,6-8,10-12,14H2,(H,24,27)(H,25,28). The van der Waals surface area contributed by atoms with E-state index >= 15 is 0 Å². The Bertz CT molecular complexity index is 914. The van der Waals surface area contributed by atoms with E-state index in [9.17, 15) is 14.0 Å². The molecule has 2 aromatic carbocycles. The molecule has 0 aromatic heterocycles. The van der Waals surface area contributed by atoms with E-state index in [4.69, 9.17) is 4.74 Å². The van der Waals surface area contributed by atoms with Gasteiger partial charge in [0.25, 0.3) is 0 Å². The molecule has 6 nitrogen and oxygen atoms in total. The lowest BCUT2D eigenvalue weighted by Crippen LogP contribution is -2.36. The minimum Gasteiger partial charge on any atom is -0.491 e. The van der Waals surface area contributed by atoms with Crippen molar-refractivity contribution in [3.8, 4) is 5.75 Å². The molecule has 0 saturated heterocycles. The number of benzene rings is 2. The third-order valence-electron chi connectivity index (χ3n) is 5.09. The van der Waals surface area contributed by atoms with E-state index < -0.39 is 5.82 Å². The SMILES string of the molecule is O=C(CCc1ccc2c(c1)CN(C(=O)Nc1ccccc1F)CCO2)NC1CC1. The number of carbonyl (C=O) groups is 2. The van der Waals surface area contributed by atoms with Crippen LogP contribution in [0.3, 0.4) is 0 Å². The van der Waals surface area contributed by atoms with Gasteiger partial charge >= 0.3 is 6.03 Å². The van der Waals surface area contributed by atoms with Gasteiger partial charge < -0.3 is 20.3 Å². The molecule has 3 amide bonds. The summed E-state index contributed by atoms with van der Waals surface area (Å²) < 4.78 is 19.6. The lowest BCUT2D eigenvalue weighted by molar-refractivity contribution is -0.121. The number of anilines is 1. The fraction of sp³-hybridized carbons (Fsp3) is 0.364. The average Bonchev–Trinajstić information content (AvgIpc) is 3.54. The van der Waals surface area contributed by atoms with Crippen LogP contribution >= 0.6 is 0 Å². The van der Waals surface area contributed by atoms with Gasteiger partial charge in [-0.2, -0.15) is 0 Å². The zero-order valence-corrected chi connectivity index (χ0v) is 16.1. The van der Waals surface area contributed by atoms with Gasteiger partial charge in [0.1, 0.15) is 18.2 Å². The summed E-state index contributed by atoms with van der Waals surface area (Å²) in [5.41, 5.74) is 2.05. The summed E-state index contributed by atoms with van der Waals surface area (Å²) in [5, 5.41) is 5.61. The van der Waals surface area contributed by atoms with Gasteiger partial charge in [-0.1, -0.05) is 24.3 Å². The van der Waals surface area contributed by atoms with Crippen LogP contribution in [0.4, 0.5) is 14.9 Å². The Kier molecular flexibility index (Phi) is 5.64. The Morgan fingerprint density at radius 3 is 2.79 bits per heavy atom. The number of hydrogen-bond donors (Lipinski definition) is 2. The summed E-state index contributed by atoms with van der Waals surface area (Å²) in [5.74, 6) is 0.334. The third kappa shape index (κ3) is 5.04. The first-order chi connectivity index (χ1) is 14.1. The monoisotopic (exact) mass is 397 g/mol. The van der Waals surface area contributed by atoms with Crippen molar-refractivity contribution in [2.45, 2.75) is 38.3 Å². The first-order valence-corrected chi connectivity index (χ1v) is 9.93. The number of halogens is 1. The van der Waals surface area contributed by atoms with Crippen LogP contribution in [0.25, 0.3) is 0 Å². The molecule has 1 saturated carbocycles. The lowest BCUT2D eigenvalue weighted by atomic mass is 10.0. The Balaban J connectivity index is 1.40. The van der Waals surface area contributed by atoms with Crippen LogP contribution in [0.1, 0.15) is 30.4 Å². The van der Waals surface area contributed by atoms with Gasteiger partial charge in [-0.15, -0.1) is 0 Å². The molecule has 1 aliphatic carbocycles. The lowest BCUT2D eigenvalue weighted by Gasteiger charge is -2.20. The molecule has 1 aliphatic heterocycles. The van der Waals surface area contributed by atoms with Crippen LogP contribution in [0.2, 0.25) is 0 Å². The van der Waals surface area contributed by atoms with Crippen LogP contribution in [-0.4, -0.2) is 36.0 Å². The van der Waals surface area contributed by atoms with E-state index in [2.05, 4.69) is 10.6 Å². The molecule has 2 aromatic rings. The predicted octanol–water partition coefficient (Wildman–Crippen LogP) is 3.46. The van der Waals surface area contributed by atoms with Crippen LogP contribution in [0, 0.1) is 5.82 Å². The van der Waals surface area contributed by atoms with Crippen molar-refractivity contribution in [3.05, 3.63) is 59.4 Å². The molecule has 4 rings (SSSR count). The number of hydrogen-bond acceptors (Lipinski definition) is 3. The molecule has 0 atom stereocenters. The smallest absolute Gasteiger partial charge is 0.322 e. The Hall–Kier alpha value is -3.09.